The summed E-state index contributed by atoms with van der Waals surface area (Å²) < 4.78 is 10.7. The van der Waals surface area contributed by atoms with E-state index in [2.05, 4.69) is 43.0 Å². The fourth-order valence-corrected chi connectivity index (χ4v) is 6.03. The number of amides is 1. The number of nitrogens with zero attached hydrogens (tertiary/aromatic N) is 2. The third-order valence-electron chi connectivity index (χ3n) is 8.04. The number of ether oxygens (including phenoxy) is 2. The standard InChI is InChI=1S/C30H40N2O4/c1-5-31(6-2)24-14-12-23(13-15-24)29-25-9-7-8-18-30(25,34)19-20-32(29)28(33)17-11-22-10-16-26(35-3)27(21-22)36-4/h10-17,21,25,29,34H,5-9,18-20H2,1-4H3/b17-11+/t25-,29+,30-/m0/s1. The summed E-state index contributed by atoms with van der Waals surface area (Å²) in [7, 11) is 3.21. The lowest BCUT2D eigenvalue weighted by molar-refractivity contribution is -0.150. The number of fused-ring (bicyclic) bond motifs is 1. The van der Waals surface area contributed by atoms with Gasteiger partial charge in [-0.25, -0.2) is 0 Å². The van der Waals surface area contributed by atoms with Crippen LogP contribution in [0.25, 0.3) is 6.08 Å². The zero-order valence-corrected chi connectivity index (χ0v) is 22.1. The van der Waals surface area contributed by atoms with Gasteiger partial charge in [-0.15, -0.1) is 0 Å². The minimum atomic E-state index is -0.704. The van der Waals surface area contributed by atoms with Crippen LogP contribution in [0.4, 0.5) is 5.69 Å². The number of benzene rings is 2. The van der Waals surface area contributed by atoms with Gasteiger partial charge in [0.2, 0.25) is 5.91 Å². The van der Waals surface area contributed by atoms with E-state index in [4.69, 9.17) is 9.47 Å². The summed E-state index contributed by atoms with van der Waals surface area (Å²) in [4.78, 5) is 17.9. The monoisotopic (exact) mass is 492 g/mol. The molecule has 0 bridgehead atoms. The van der Waals surface area contributed by atoms with Gasteiger partial charge in [0.05, 0.1) is 25.9 Å². The van der Waals surface area contributed by atoms with E-state index >= 15 is 0 Å². The average Bonchev–Trinajstić information content (AvgIpc) is 2.91. The van der Waals surface area contributed by atoms with Crippen molar-refractivity contribution in [3.05, 3.63) is 59.7 Å². The van der Waals surface area contributed by atoms with E-state index in [-0.39, 0.29) is 17.9 Å². The minimum absolute atomic E-state index is 0.0322. The molecule has 0 aromatic heterocycles. The van der Waals surface area contributed by atoms with Crippen LogP contribution in [0.1, 0.15) is 63.1 Å². The Morgan fingerprint density at radius 2 is 1.78 bits per heavy atom. The topological polar surface area (TPSA) is 62.2 Å². The Hall–Kier alpha value is -2.99. The SMILES string of the molecule is CCN(CC)c1ccc([C@@H]2[C@@H]3CCCC[C@]3(O)CCN2C(=O)/C=C/c2ccc(OC)c(OC)c2)cc1. The highest BCUT2D eigenvalue weighted by Crippen LogP contribution is 2.49. The molecule has 2 aromatic carbocycles. The maximum atomic E-state index is 13.6. The number of piperidine rings is 1. The lowest BCUT2D eigenvalue weighted by atomic mass is 9.66. The molecule has 0 unspecified atom stereocenters. The molecule has 3 atom stereocenters. The first-order valence-corrected chi connectivity index (χ1v) is 13.2. The Morgan fingerprint density at radius 3 is 2.44 bits per heavy atom. The number of carbonyl (C=O) groups is 1. The molecular weight excluding hydrogens is 452 g/mol. The normalized spacial score (nSPS) is 23.9. The van der Waals surface area contributed by atoms with Crippen molar-refractivity contribution in [2.24, 2.45) is 5.92 Å². The summed E-state index contributed by atoms with van der Waals surface area (Å²) >= 11 is 0. The Labute approximate surface area is 215 Å². The van der Waals surface area contributed by atoms with E-state index in [0.717, 1.165) is 49.9 Å². The summed E-state index contributed by atoms with van der Waals surface area (Å²) in [5.41, 5.74) is 2.45. The number of likely N-dealkylation sites (tertiary alicyclic amines) is 1. The molecule has 194 valence electrons. The van der Waals surface area contributed by atoms with Crippen molar-refractivity contribution in [2.45, 2.75) is 57.6 Å². The second kappa shape index (κ2) is 11.4. The van der Waals surface area contributed by atoms with Gasteiger partial charge in [0.1, 0.15) is 0 Å². The first kappa shape index (κ1) is 26.1. The van der Waals surface area contributed by atoms with Crippen LogP contribution in [-0.4, -0.2) is 55.4 Å². The summed E-state index contributed by atoms with van der Waals surface area (Å²) in [6.45, 7) is 6.77. The van der Waals surface area contributed by atoms with E-state index in [9.17, 15) is 9.90 Å². The van der Waals surface area contributed by atoms with E-state index in [1.54, 1.807) is 20.3 Å². The predicted molar refractivity (Wildman–Crippen MR) is 145 cm³/mol. The van der Waals surface area contributed by atoms with Gasteiger partial charge in [-0.05, 0) is 74.6 Å². The molecular formula is C30H40N2O4. The largest absolute Gasteiger partial charge is 0.493 e. The van der Waals surface area contributed by atoms with Crippen LogP contribution in [-0.2, 0) is 4.79 Å². The Balaban J connectivity index is 1.63. The van der Waals surface area contributed by atoms with Gasteiger partial charge >= 0.3 is 0 Å². The van der Waals surface area contributed by atoms with Crippen molar-refractivity contribution in [1.82, 2.24) is 4.90 Å². The number of carbonyl (C=O) groups excluding carboxylic acids is 1. The smallest absolute Gasteiger partial charge is 0.247 e. The number of hydrogen-bond donors (Lipinski definition) is 1. The summed E-state index contributed by atoms with van der Waals surface area (Å²) in [6.07, 6.45) is 7.98. The van der Waals surface area contributed by atoms with Crippen LogP contribution in [0.2, 0.25) is 0 Å². The van der Waals surface area contributed by atoms with E-state index in [0.29, 0.717) is 24.5 Å². The molecule has 6 heteroatoms. The van der Waals surface area contributed by atoms with E-state index in [1.165, 1.54) is 5.69 Å². The molecule has 1 saturated heterocycles. The molecule has 1 heterocycles. The van der Waals surface area contributed by atoms with Crippen molar-refractivity contribution in [3.63, 3.8) is 0 Å². The third-order valence-corrected chi connectivity index (χ3v) is 8.04. The van der Waals surface area contributed by atoms with Crippen LogP contribution < -0.4 is 14.4 Å². The number of aliphatic hydroxyl groups is 1. The maximum absolute atomic E-state index is 13.6. The molecule has 1 amide bonds. The van der Waals surface area contributed by atoms with Crippen LogP contribution in [0.15, 0.2) is 48.5 Å². The van der Waals surface area contributed by atoms with Crippen molar-refractivity contribution in [3.8, 4) is 11.5 Å². The van der Waals surface area contributed by atoms with Gasteiger partial charge in [0.15, 0.2) is 11.5 Å². The molecule has 2 aliphatic rings. The zero-order chi connectivity index (χ0) is 25.7. The quantitative estimate of drug-likeness (QED) is 0.496. The van der Waals surface area contributed by atoms with Gasteiger partial charge in [-0.3, -0.25) is 4.79 Å². The van der Waals surface area contributed by atoms with Crippen molar-refractivity contribution in [1.29, 1.82) is 0 Å². The fraction of sp³-hybridized carbons (Fsp3) is 0.500. The lowest BCUT2D eigenvalue weighted by Crippen LogP contribution is -2.56. The van der Waals surface area contributed by atoms with Crippen LogP contribution in [0, 0.1) is 5.92 Å². The summed E-state index contributed by atoms with van der Waals surface area (Å²) in [5, 5.41) is 11.6. The van der Waals surface area contributed by atoms with Gasteiger partial charge in [0, 0.05) is 37.3 Å². The second-order valence-electron chi connectivity index (χ2n) is 9.89. The number of rotatable bonds is 8. The molecule has 0 radical (unpaired) electrons. The highest BCUT2D eigenvalue weighted by atomic mass is 16.5. The highest BCUT2D eigenvalue weighted by Gasteiger charge is 2.49. The lowest BCUT2D eigenvalue weighted by Gasteiger charge is -2.52. The first-order chi connectivity index (χ1) is 17.4. The first-order valence-electron chi connectivity index (χ1n) is 13.2. The molecule has 1 aliphatic heterocycles. The van der Waals surface area contributed by atoms with Crippen LogP contribution in [0.5, 0.6) is 11.5 Å². The highest BCUT2D eigenvalue weighted by molar-refractivity contribution is 5.92. The summed E-state index contributed by atoms with van der Waals surface area (Å²) in [5.74, 6) is 1.29. The zero-order valence-electron chi connectivity index (χ0n) is 22.1. The van der Waals surface area contributed by atoms with Gasteiger partial charge in [-0.1, -0.05) is 31.0 Å². The minimum Gasteiger partial charge on any atom is -0.493 e. The van der Waals surface area contributed by atoms with E-state index in [1.807, 2.05) is 29.2 Å². The molecule has 4 rings (SSSR count). The molecule has 1 aliphatic carbocycles. The molecule has 36 heavy (non-hydrogen) atoms. The van der Waals surface area contributed by atoms with E-state index < -0.39 is 5.60 Å². The Bertz CT molecular complexity index is 1060. The molecule has 2 fully saturated rings. The molecule has 6 nitrogen and oxygen atoms in total. The predicted octanol–water partition coefficient (Wildman–Crippen LogP) is 5.46. The summed E-state index contributed by atoms with van der Waals surface area (Å²) in [6, 6.07) is 14.1. The number of hydrogen-bond acceptors (Lipinski definition) is 5. The molecule has 0 spiro atoms. The number of anilines is 1. The van der Waals surface area contributed by atoms with Crippen LogP contribution in [0.3, 0.4) is 0 Å². The molecule has 2 aromatic rings. The Morgan fingerprint density at radius 1 is 1.06 bits per heavy atom. The van der Waals surface area contributed by atoms with Crippen molar-refractivity contribution in [2.75, 3.05) is 38.8 Å². The van der Waals surface area contributed by atoms with Gasteiger partial charge < -0.3 is 24.4 Å². The maximum Gasteiger partial charge on any atom is 0.247 e. The fourth-order valence-electron chi connectivity index (χ4n) is 6.03. The van der Waals surface area contributed by atoms with Crippen molar-refractivity contribution >= 4 is 17.7 Å². The third kappa shape index (κ3) is 5.24. The molecule has 1 saturated carbocycles. The Kier molecular flexibility index (Phi) is 8.24. The number of methoxy groups -OCH3 is 2. The van der Waals surface area contributed by atoms with Gasteiger partial charge in [0.25, 0.3) is 0 Å². The van der Waals surface area contributed by atoms with Crippen LogP contribution >= 0.6 is 0 Å². The van der Waals surface area contributed by atoms with Crippen molar-refractivity contribution < 1.29 is 19.4 Å². The van der Waals surface area contributed by atoms with Gasteiger partial charge in [-0.2, -0.15) is 0 Å². The second-order valence-corrected chi connectivity index (χ2v) is 9.89. The average molecular weight is 493 g/mol. The molecule has 1 N–H and O–H groups in total.